The van der Waals surface area contributed by atoms with E-state index in [2.05, 4.69) is 18.0 Å². The number of nitrogens with zero attached hydrogens (tertiary/aromatic N) is 1. The van der Waals surface area contributed by atoms with Gasteiger partial charge in [-0.05, 0) is 38.8 Å². The van der Waals surface area contributed by atoms with Crippen LogP contribution in [-0.4, -0.2) is 39.8 Å². The van der Waals surface area contributed by atoms with Gasteiger partial charge >= 0.3 is 5.97 Å². The summed E-state index contributed by atoms with van der Waals surface area (Å²) >= 11 is 1.56. The van der Waals surface area contributed by atoms with E-state index in [4.69, 9.17) is 4.74 Å². The maximum absolute atomic E-state index is 13.1. The van der Waals surface area contributed by atoms with Gasteiger partial charge in [0, 0.05) is 23.1 Å². The van der Waals surface area contributed by atoms with Gasteiger partial charge in [0.05, 0.1) is 34.6 Å². The summed E-state index contributed by atoms with van der Waals surface area (Å²) in [5.41, 5.74) is 0.780. The van der Waals surface area contributed by atoms with E-state index in [1.807, 2.05) is 31.4 Å². The Bertz CT molecular complexity index is 1010. The second-order valence-electron chi connectivity index (χ2n) is 10.7. The third-order valence-electron chi connectivity index (χ3n) is 7.43. The van der Waals surface area contributed by atoms with E-state index < -0.39 is 29.5 Å². The second kappa shape index (κ2) is 10.2. The summed E-state index contributed by atoms with van der Waals surface area (Å²) in [6.07, 6.45) is 6.96. The van der Waals surface area contributed by atoms with Gasteiger partial charge in [0.25, 0.3) is 0 Å². The lowest BCUT2D eigenvalue weighted by Gasteiger charge is -2.32. The van der Waals surface area contributed by atoms with Crippen molar-refractivity contribution in [2.24, 2.45) is 22.7 Å². The molecule has 1 aromatic rings. The SMILES string of the molecule is Cc1nc(/C=C/[C@@H]2CC3=C[C@]3(C)CCC[C@H](C)C(=O)[C@@H](C)C(=O)C(C)(C)[C@@H](O)CC(=O)O2)cs1. The number of thiazole rings is 1. The fourth-order valence-corrected chi connectivity index (χ4v) is 5.31. The Morgan fingerprint density at radius 3 is 2.53 bits per heavy atom. The van der Waals surface area contributed by atoms with E-state index in [1.54, 1.807) is 32.1 Å². The molecule has 7 heteroatoms. The van der Waals surface area contributed by atoms with E-state index in [-0.39, 0.29) is 29.3 Å². The highest BCUT2D eigenvalue weighted by molar-refractivity contribution is 7.09. The number of cyclic esters (lactones) is 1. The average molecular weight is 488 g/mol. The predicted octanol–water partition coefficient (Wildman–Crippen LogP) is 5.08. The monoisotopic (exact) mass is 487 g/mol. The van der Waals surface area contributed by atoms with Gasteiger partial charge in [-0.15, -0.1) is 11.3 Å². The van der Waals surface area contributed by atoms with Crippen LogP contribution in [0.3, 0.4) is 0 Å². The van der Waals surface area contributed by atoms with Crippen LogP contribution in [0.2, 0.25) is 0 Å². The zero-order valence-electron chi connectivity index (χ0n) is 21.1. The first-order valence-electron chi connectivity index (χ1n) is 12.1. The Hall–Kier alpha value is -2.12. The number of aliphatic hydroxyl groups is 1. The Labute approximate surface area is 206 Å². The van der Waals surface area contributed by atoms with Crippen molar-refractivity contribution in [3.63, 3.8) is 0 Å². The summed E-state index contributed by atoms with van der Waals surface area (Å²) in [7, 11) is 0. The Kier molecular flexibility index (Phi) is 7.98. The third-order valence-corrected chi connectivity index (χ3v) is 8.22. The average Bonchev–Trinajstić information content (AvgIpc) is 3.19. The van der Waals surface area contributed by atoms with Crippen LogP contribution in [-0.2, 0) is 19.1 Å². The fraction of sp³-hybridized carbons (Fsp3) is 0.630. The molecule has 34 heavy (non-hydrogen) atoms. The van der Waals surface area contributed by atoms with Crippen molar-refractivity contribution in [3.8, 4) is 0 Å². The van der Waals surface area contributed by atoms with Gasteiger partial charge in [0.1, 0.15) is 11.9 Å². The molecule has 3 rings (SSSR count). The van der Waals surface area contributed by atoms with Crippen molar-refractivity contribution < 1.29 is 24.2 Å². The number of carbonyl (C=O) groups excluding carboxylic acids is 3. The maximum Gasteiger partial charge on any atom is 0.309 e. The highest BCUT2D eigenvalue weighted by Gasteiger charge is 2.43. The number of aliphatic hydroxyl groups excluding tert-OH is 1. The molecule has 1 aliphatic carbocycles. The topological polar surface area (TPSA) is 93.6 Å². The fourth-order valence-electron chi connectivity index (χ4n) is 4.73. The number of aromatic nitrogens is 1. The molecule has 0 aromatic carbocycles. The lowest BCUT2D eigenvalue weighted by molar-refractivity contribution is -0.153. The summed E-state index contributed by atoms with van der Waals surface area (Å²) in [5.74, 6) is -2.07. The number of carbonyl (C=O) groups is 3. The maximum atomic E-state index is 13.1. The Balaban J connectivity index is 1.82. The smallest absolute Gasteiger partial charge is 0.309 e. The number of hydrogen-bond acceptors (Lipinski definition) is 7. The predicted molar refractivity (Wildman–Crippen MR) is 133 cm³/mol. The van der Waals surface area contributed by atoms with Crippen LogP contribution in [0.4, 0.5) is 0 Å². The molecule has 2 heterocycles. The summed E-state index contributed by atoms with van der Waals surface area (Å²) in [6.45, 7) is 10.8. The first kappa shape index (κ1) is 26.5. The zero-order chi connectivity index (χ0) is 25.3. The molecule has 0 unspecified atom stereocenters. The lowest BCUT2D eigenvalue weighted by Crippen LogP contribution is -2.44. The Morgan fingerprint density at radius 2 is 1.88 bits per heavy atom. The number of fused-ring (bicyclic) bond motifs is 1. The van der Waals surface area contributed by atoms with Gasteiger partial charge in [0.15, 0.2) is 5.78 Å². The molecule has 0 bridgehead atoms. The zero-order valence-corrected chi connectivity index (χ0v) is 21.9. The highest BCUT2D eigenvalue weighted by atomic mass is 32.1. The van der Waals surface area contributed by atoms with Crippen LogP contribution in [0, 0.1) is 29.6 Å². The van der Waals surface area contributed by atoms with E-state index >= 15 is 0 Å². The molecule has 5 atom stereocenters. The van der Waals surface area contributed by atoms with Gasteiger partial charge in [0.2, 0.25) is 0 Å². The van der Waals surface area contributed by atoms with Crippen LogP contribution in [0.1, 0.15) is 77.4 Å². The molecule has 186 valence electrons. The lowest BCUT2D eigenvalue weighted by atomic mass is 9.73. The Morgan fingerprint density at radius 1 is 1.18 bits per heavy atom. The molecular weight excluding hydrogens is 450 g/mol. The molecular formula is C27H37NO5S. The number of aryl methyl sites for hydroxylation is 1. The molecule has 0 radical (unpaired) electrons. The number of allylic oxidation sites excluding steroid dienone is 1. The van der Waals surface area contributed by atoms with Gasteiger partial charge < -0.3 is 9.84 Å². The van der Waals surface area contributed by atoms with Crippen molar-refractivity contribution in [2.45, 2.75) is 85.9 Å². The summed E-state index contributed by atoms with van der Waals surface area (Å²) in [4.78, 5) is 43.2. The summed E-state index contributed by atoms with van der Waals surface area (Å²) in [6, 6.07) is 0. The second-order valence-corrected chi connectivity index (χ2v) is 11.8. The quantitative estimate of drug-likeness (QED) is 0.355. The number of ether oxygens (including phenoxy) is 1. The minimum atomic E-state index is -1.25. The largest absolute Gasteiger partial charge is 0.458 e. The van der Waals surface area contributed by atoms with E-state index in [0.717, 1.165) is 30.0 Å². The molecule has 1 N–H and O–H groups in total. The number of esters is 1. The van der Waals surface area contributed by atoms with Gasteiger partial charge in [-0.25, -0.2) is 4.98 Å². The van der Waals surface area contributed by atoms with Gasteiger partial charge in [-0.2, -0.15) is 0 Å². The standard InChI is InChI=1S/C27H37NO5S/c1-16-8-7-11-27(6)14-19(27)12-21(10-9-20-15-34-18(3)28-20)33-23(30)13-22(29)26(4,5)25(32)17(2)24(16)31/h9-10,14-17,21-22,29H,7-8,11-13H2,1-6H3/b10-9+/t16-,17+,21+,22-,27-/m0/s1. The molecule has 1 saturated heterocycles. The van der Waals surface area contributed by atoms with Crippen molar-refractivity contribution >= 4 is 34.9 Å². The number of hydrogen-bond donors (Lipinski definition) is 1. The van der Waals surface area contributed by atoms with Crippen LogP contribution >= 0.6 is 11.3 Å². The molecule has 2 aliphatic rings. The van der Waals surface area contributed by atoms with Crippen LogP contribution in [0.15, 0.2) is 23.1 Å². The molecule has 1 fully saturated rings. The molecule has 1 aliphatic heterocycles. The van der Waals surface area contributed by atoms with Crippen LogP contribution in [0.5, 0.6) is 0 Å². The van der Waals surface area contributed by atoms with Crippen molar-refractivity contribution in [3.05, 3.63) is 33.8 Å². The van der Waals surface area contributed by atoms with E-state index in [1.165, 1.54) is 5.57 Å². The van der Waals surface area contributed by atoms with Crippen LogP contribution < -0.4 is 0 Å². The normalized spacial score (nSPS) is 33.4. The summed E-state index contributed by atoms with van der Waals surface area (Å²) < 4.78 is 5.76. The number of ketones is 2. The molecule has 0 amide bonds. The number of rotatable bonds is 2. The van der Waals surface area contributed by atoms with Gasteiger partial charge in [-0.1, -0.05) is 45.8 Å². The van der Waals surface area contributed by atoms with Crippen molar-refractivity contribution in [1.82, 2.24) is 4.98 Å². The molecule has 0 spiro atoms. The molecule has 0 saturated carbocycles. The van der Waals surface area contributed by atoms with E-state index in [9.17, 15) is 19.5 Å². The van der Waals surface area contributed by atoms with Crippen LogP contribution in [0.25, 0.3) is 6.08 Å². The highest BCUT2D eigenvalue weighted by Crippen LogP contribution is 2.50. The van der Waals surface area contributed by atoms with Crippen molar-refractivity contribution in [2.75, 3.05) is 0 Å². The first-order chi connectivity index (χ1) is 15.8. The third kappa shape index (κ3) is 6.11. The van der Waals surface area contributed by atoms with E-state index in [0.29, 0.717) is 6.42 Å². The van der Waals surface area contributed by atoms with Crippen molar-refractivity contribution in [1.29, 1.82) is 0 Å². The number of Topliss-reactive ketones (excluding diaryl/α,β-unsaturated/α-hetero) is 2. The minimum Gasteiger partial charge on any atom is -0.458 e. The minimum absolute atomic E-state index is 0.0293. The molecule has 1 aromatic heterocycles. The first-order valence-corrected chi connectivity index (χ1v) is 13.0. The summed E-state index contributed by atoms with van der Waals surface area (Å²) in [5, 5.41) is 13.7. The van der Waals surface area contributed by atoms with Gasteiger partial charge in [-0.3, -0.25) is 14.4 Å². The molecule has 6 nitrogen and oxygen atoms in total.